The fourth-order valence-electron chi connectivity index (χ4n) is 1.84. The summed E-state index contributed by atoms with van der Waals surface area (Å²) in [5.74, 6) is 0. The molecular formula is C12H14BrN3. The Morgan fingerprint density at radius 2 is 2.19 bits per heavy atom. The summed E-state index contributed by atoms with van der Waals surface area (Å²) < 4.78 is 2.94. The van der Waals surface area contributed by atoms with Crippen LogP contribution in [0.2, 0.25) is 0 Å². The quantitative estimate of drug-likeness (QED) is 0.919. The average Bonchev–Trinajstić information content (AvgIpc) is 2.55. The number of benzene rings is 1. The first-order chi connectivity index (χ1) is 7.63. The van der Waals surface area contributed by atoms with Crippen LogP contribution in [-0.4, -0.2) is 9.78 Å². The van der Waals surface area contributed by atoms with Crippen molar-refractivity contribution in [2.24, 2.45) is 12.8 Å². The molecule has 3 nitrogen and oxygen atoms in total. The normalized spacial score (nSPS) is 10.8. The third-order valence-corrected chi connectivity index (χ3v) is 3.21. The van der Waals surface area contributed by atoms with Crippen LogP contribution in [0.4, 0.5) is 0 Å². The zero-order valence-corrected chi connectivity index (χ0v) is 11.0. The maximum atomic E-state index is 5.72. The van der Waals surface area contributed by atoms with E-state index in [0.717, 1.165) is 27.0 Å². The zero-order chi connectivity index (χ0) is 11.7. The first-order valence-electron chi connectivity index (χ1n) is 5.12. The van der Waals surface area contributed by atoms with Gasteiger partial charge in [-0.3, -0.25) is 4.68 Å². The Morgan fingerprint density at radius 1 is 1.44 bits per heavy atom. The molecule has 0 unspecified atom stereocenters. The van der Waals surface area contributed by atoms with Crippen molar-refractivity contribution in [2.75, 3.05) is 0 Å². The number of rotatable bonds is 2. The summed E-state index contributed by atoms with van der Waals surface area (Å²) in [4.78, 5) is 0. The van der Waals surface area contributed by atoms with E-state index in [1.54, 1.807) is 0 Å². The van der Waals surface area contributed by atoms with Gasteiger partial charge in [0.05, 0.1) is 5.69 Å². The minimum Gasteiger partial charge on any atom is -0.325 e. The highest BCUT2D eigenvalue weighted by atomic mass is 79.9. The molecule has 0 aliphatic rings. The predicted molar refractivity (Wildman–Crippen MR) is 69.0 cm³/mol. The van der Waals surface area contributed by atoms with Crippen molar-refractivity contribution in [1.29, 1.82) is 0 Å². The Kier molecular flexibility index (Phi) is 3.12. The van der Waals surface area contributed by atoms with Gasteiger partial charge >= 0.3 is 0 Å². The highest BCUT2D eigenvalue weighted by molar-refractivity contribution is 9.10. The third kappa shape index (κ3) is 1.90. The first-order valence-corrected chi connectivity index (χ1v) is 5.91. The molecule has 0 fully saturated rings. The largest absolute Gasteiger partial charge is 0.325 e. The molecular weight excluding hydrogens is 266 g/mol. The van der Waals surface area contributed by atoms with E-state index in [4.69, 9.17) is 5.73 Å². The third-order valence-electron chi connectivity index (χ3n) is 2.71. The van der Waals surface area contributed by atoms with Crippen molar-refractivity contribution < 1.29 is 0 Å². The lowest BCUT2D eigenvalue weighted by Crippen LogP contribution is -1.99. The number of nitrogens with two attached hydrogens (primary N) is 1. The van der Waals surface area contributed by atoms with Gasteiger partial charge in [-0.1, -0.05) is 28.1 Å². The second-order valence-electron chi connectivity index (χ2n) is 3.75. The molecule has 0 bridgehead atoms. The molecule has 1 aromatic heterocycles. The van der Waals surface area contributed by atoms with E-state index in [1.807, 2.05) is 23.9 Å². The van der Waals surface area contributed by atoms with Gasteiger partial charge in [0.1, 0.15) is 0 Å². The molecule has 84 valence electrons. The number of aryl methyl sites for hydroxylation is 1. The molecule has 2 aromatic rings. The zero-order valence-electron chi connectivity index (χ0n) is 9.37. The molecule has 16 heavy (non-hydrogen) atoms. The SMILES string of the molecule is Cc1c(-c2cccc(Br)c2)c(CN)nn1C. The molecule has 2 N–H and O–H groups in total. The maximum absolute atomic E-state index is 5.72. The van der Waals surface area contributed by atoms with E-state index in [0.29, 0.717) is 6.54 Å². The molecule has 0 radical (unpaired) electrons. The molecule has 0 amide bonds. The Balaban J connectivity index is 2.63. The monoisotopic (exact) mass is 279 g/mol. The van der Waals surface area contributed by atoms with Gasteiger partial charge in [-0.25, -0.2) is 0 Å². The van der Waals surface area contributed by atoms with Crippen LogP contribution < -0.4 is 5.73 Å². The number of aromatic nitrogens is 2. The van der Waals surface area contributed by atoms with Crippen LogP contribution in [-0.2, 0) is 13.6 Å². The van der Waals surface area contributed by atoms with E-state index in [1.165, 1.54) is 0 Å². The maximum Gasteiger partial charge on any atom is 0.0841 e. The van der Waals surface area contributed by atoms with Crippen molar-refractivity contribution in [3.8, 4) is 11.1 Å². The molecule has 2 rings (SSSR count). The molecule has 1 heterocycles. The van der Waals surface area contributed by atoms with E-state index in [9.17, 15) is 0 Å². The summed E-state index contributed by atoms with van der Waals surface area (Å²) in [6.45, 7) is 2.52. The Morgan fingerprint density at radius 3 is 2.81 bits per heavy atom. The summed E-state index contributed by atoms with van der Waals surface area (Å²) in [7, 11) is 1.94. The predicted octanol–water partition coefficient (Wildman–Crippen LogP) is 2.62. The smallest absolute Gasteiger partial charge is 0.0841 e. The molecule has 0 saturated heterocycles. The average molecular weight is 280 g/mol. The van der Waals surface area contributed by atoms with Gasteiger partial charge < -0.3 is 5.73 Å². The van der Waals surface area contributed by atoms with Gasteiger partial charge in [0.2, 0.25) is 0 Å². The topological polar surface area (TPSA) is 43.8 Å². The van der Waals surface area contributed by atoms with Crippen molar-refractivity contribution >= 4 is 15.9 Å². The fraction of sp³-hybridized carbons (Fsp3) is 0.250. The molecule has 0 atom stereocenters. The Hall–Kier alpha value is -1.13. The molecule has 0 spiro atoms. The summed E-state index contributed by atoms with van der Waals surface area (Å²) in [6.07, 6.45) is 0. The minimum absolute atomic E-state index is 0.462. The Bertz CT molecular complexity index is 517. The summed E-state index contributed by atoms with van der Waals surface area (Å²) >= 11 is 3.48. The lowest BCUT2D eigenvalue weighted by molar-refractivity contribution is 0.721. The van der Waals surface area contributed by atoms with Crippen molar-refractivity contribution in [3.05, 3.63) is 40.1 Å². The highest BCUT2D eigenvalue weighted by Gasteiger charge is 2.13. The van der Waals surface area contributed by atoms with Gasteiger partial charge in [0.25, 0.3) is 0 Å². The number of nitrogens with zero attached hydrogens (tertiary/aromatic N) is 2. The molecule has 1 aromatic carbocycles. The van der Waals surface area contributed by atoms with Crippen molar-refractivity contribution in [2.45, 2.75) is 13.5 Å². The van der Waals surface area contributed by atoms with Crippen LogP contribution in [0.1, 0.15) is 11.4 Å². The van der Waals surface area contributed by atoms with Gasteiger partial charge in [-0.05, 0) is 24.6 Å². The van der Waals surface area contributed by atoms with Crippen LogP contribution in [0.5, 0.6) is 0 Å². The van der Waals surface area contributed by atoms with Gasteiger partial charge in [-0.15, -0.1) is 0 Å². The van der Waals surface area contributed by atoms with Crippen LogP contribution in [0.15, 0.2) is 28.7 Å². The Labute approximate surface area is 103 Å². The van der Waals surface area contributed by atoms with E-state index >= 15 is 0 Å². The lowest BCUT2D eigenvalue weighted by Gasteiger charge is -2.03. The molecule has 4 heteroatoms. The molecule has 0 saturated carbocycles. The fourth-order valence-corrected chi connectivity index (χ4v) is 2.24. The van der Waals surface area contributed by atoms with Crippen molar-refractivity contribution in [1.82, 2.24) is 9.78 Å². The van der Waals surface area contributed by atoms with Crippen LogP contribution >= 0.6 is 15.9 Å². The summed E-state index contributed by atoms with van der Waals surface area (Å²) in [6, 6.07) is 8.20. The second-order valence-corrected chi connectivity index (χ2v) is 4.66. The van der Waals surface area contributed by atoms with E-state index < -0.39 is 0 Å². The van der Waals surface area contributed by atoms with Gasteiger partial charge in [0.15, 0.2) is 0 Å². The van der Waals surface area contributed by atoms with Gasteiger partial charge in [0, 0.05) is 29.3 Å². The number of hydrogen-bond acceptors (Lipinski definition) is 2. The lowest BCUT2D eigenvalue weighted by atomic mass is 10.0. The van der Waals surface area contributed by atoms with Crippen LogP contribution in [0.3, 0.4) is 0 Å². The molecule has 0 aliphatic carbocycles. The van der Waals surface area contributed by atoms with E-state index in [2.05, 4.69) is 40.1 Å². The number of hydrogen-bond donors (Lipinski definition) is 1. The van der Waals surface area contributed by atoms with Crippen LogP contribution in [0.25, 0.3) is 11.1 Å². The van der Waals surface area contributed by atoms with E-state index in [-0.39, 0.29) is 0 Å². The molecule has 0 aliphatic heterocycles. The van der Waals surface area contributed by atoms with Gasteiger partial charge in [-0.2, -0.15) is 5.10 Å². The summed E-state index contributed by atoms with van der Waals surface area (Å²) in [5, 5.41) is 4.41. The standard InChI is InChI=1S/C12H14BrN3/c1-8-12(11(7-14)15-16(8)2)9-4-3-5-10(13)6-9/h3-6H,7,14H2,1-2H3. The second kappa shape index (κ2) is 4.39. The summed E-state index contributed by atoms with van der Waals surface area (Å²) in [5.41, 5.74) is 10.1. The first kappa shape index (κ1) is 11.4. The highest BCUT2D eigenvalue weighted by Crippen LogP contribution is 2.28. The number of halogens is 1. The van der Waals surface area contributed by atoms with Crippen LogP contribution in [0, 0.1) is 6.92 Å². The van der Waals surface area contributed by atoms with Crippen molar-refractivity contribution in [3.63, 3.8) is 0 Å². The minimum atomic E-state index is 0.462.